The minimum Gasteiger partial charge on any atom is -0.508 e. The van der Waals surface area contributed by atoms with Crippen molar-refractivity contribution in [1.82, 2.24) is 23.8 Å². The molecule has 2 saturated carbocycles. The third-order valence-electron chi connectivity index (χ3n) is 5.14. The van der Waals surface area contributed by atoms with E-state index in [0.717, 1.165) is 42.2 Å². The van der Waals surface area contributed by atoms with Crippen LogP contribution in [0.3, 0.4) is 0 Å². The van der Waals surface area contributed by atoms with Crippen LogP contribution in [0.2, 0.25) is 0 Å². The molecular formula is C20H21N5O2S. The molecule has 5 rings (SSSR count). The molecule has 0 aliphatic heterocycles. The number of phenolic OH excluding ortho intramolecular Hbond substituents is 1. The Bertz CT molecular complexity index is 1010. The summed E-state index contributed by atoms with van der Waals surface area (Å²) >= 11 is 1.34. The van der Waals surface area contributed by atoms with Crippen LogP contribution in [-0.2, 0) is 6.54 Å². The minimum absolute atomic E-state index is 0.0964. The average molecular weight is 395 g/mol. The van der Waals surface area contributed by atoms with Crippen molar-refractivity contribution < 1.29 is 9.90 Å². The SMILES string of the molecule is O=C(c1cn(-c2nc(C3CC3)ns2)cn1)N(Cc1cccc(O)c1)CC1CC1. The second kappa shape index (κ2) is 7.01. The van der Waals surface area contributed by atoms with Gasteiger partial charge < -0.3 is 10.0 Å². The fourth-order valence-corrected chi connectivity index (χ4v) is 3.94. The number of aromatic nitrogens is 4. The van der Waals surface area contributed by atoms with Gasteiger partial charge in [-0.2, -0.15) is 4.37 Å². The molecule has 0 spiro atoms. The summed E-state index contributed by atoms with van der Waals surface area (Å²) in [6.07, 6.45) is 8.01. The van der Waals surface area contributed by atoms with Gasteiger partial charge in [0.2, 0.25) is 5.13 Å². The Labute approximate surface area is 166 Å². The number of benzene rings is 1. The summed E-state index contributed by atoms with van der Waals surface area (Å²) in [5, 5.41) is 10.5. The zero-order chi connectivity index (χ0) is 19.1. The van der Waals surface area contributed by atoms with Crippen molar-refractivity contribution in [2.45, 2.75) is 38.1 Å². The first-order valence-corrected chi connectivity index (χ1v) is 10.4. The van der Waals surface area contributed by atoms with Crippen molar-refractivity contribution in [2.24, 2.45) is 5.92 Å². The summed E-state index contributed by atoms with van der Waals surface area (Å²) in [5.74, 6) is 2.09. The van der Waals surface area contributed by atoms with Crippen molar-refractivity contribution in [3.63, 3.8) is 0 Å². The van der Waals surface area contributed by atoms with E-state index in [1.54, 1.807) is 35.3 Å². The maximum atomic E-state index is 13.1. The highest BCUT2D eigenvalue weighted by Crippen LogP contribution is 2.39. The molecule has 2 fully saturated rings. The van der Waals surface area contributed by atoms with Gasteiger partial charge in [-0.15, -0.1) is 0 Å². The maximum absolute atomic E-state index is 13.1. The average Bonchev–Trinajstić information content (AvgIpc) is 3.60. The summed E-state index contributed by atoms with van der Waals surface area (Å²) < 4.78 is 6.20. The molecule has 1 N–H and O–H groups in total. The molecule has 1 amide bonds. The Morgan fingerprint density at radius 3 is 2.89 bits per heavy atom. The molecule has 7 nitrogen and oxygen atoms in total. The Kier molecular flexibility index (Phi) is 4.35. The lowest BCUT2D eigenvalue weighted by molar-refractivity contribution is 0.0729. The molecule has 28 heavy (non-hydrogen) atoms. The van der Waals surface area contributed by atoms with Crippen LogP contribution in [0.15, 0.2) is 36.8 Å². The molecule has 144 valence electrons. The van der Waals surface area contributed by atoms with E-state index in [0.29, 0.717) is 30.6 Å². The van der Waals surface area contributed by atoms with E-state index in [1.807, 2.05) is 11.0 Å². The van der Waals surface area contributed by atoms with Gasteiger partial charge in [0, 0.05) is 36.7 Å². The summed E-state index contributed by atoms with van der Waals surface area (Å²) in [5.41, 5.74) is 1.32. The van der Waals surface area contributed by atoms with E-state index in [4.69, 9.17) is 0 Å². The summed E-state index contributed by atoms with van der Waals surface area (Å²) in [4.78, 5) is 23.9. The number of carbonyl (C=O) groups is 1. The molecule has 0 saturated heterocycles. The van der Waals surface area contributed by atoms with Gasteiger partial charge in [-0.3, -0.25) is 9.36 Å². The van der Waals surface area contributed by atoms with Crippen LogP contribution in [0.5, 0.6) is 5.75 Å². The Balaban J connectivity index is 1.35. The van der Waals surface area contributed by atoms with Crippen LogP contribution in [-0.4, -0.2) is 41.4 Å². The van der Waals surface area contributed by atoms with Crippen molar-refractivity contribution in [3.8, 4) is 10.9 Å². The lowest BCUT2D eigenvalue weighted by Crippen LogP contribution is -2.32. The highest BCUT2D eigenvalue weighted by Gasteiger charge is 2.30. The normalized spacial score (nSPS) is 16.3. The van der Waals surface area contributed by atoms with Crippen molar-refractivity contribution >= 4 is 17.4 Å². The first kappa shape index (κ1) is 17.4. The van der Waals surface area contributed by atoms with Crippen LogP contribution in [0.25, 0.3) is 5.13 Å². The van der Waals surface area contributed by atoms with E-state index in [-0.39, 0.29) is 11.7 Å². The molecule has 0 unspecified atom stereocenters. The van der Waals surface area contributed by atoms with Gasteiger partial charge >= 0.3 is 0 Å². The molecule has 0 bridgehead atoms. The number of hydrogen-bond acceptors (Lipinski definition) is 6. The van der Waals surface area contributed by atoms with E-state index in [1.165, 1.54) is 11.5 Å². The third-order valence-corrected chi connectivity index (χ3v) is 5.89. The zero-order valence-corrected chi connectivity index (χ0v) is 16.2. The molecule has 1 aromatic carbocycles. The molecule has 2 heterocycles. The van der Waals surface area contributed by atoms with E-state index in [2.05, 4.69) is 14.3 Å². The molecule has 2 aliphatic rings. The number of amides is 1. The summed E-state index contributed by atoms with van der Waals surface area (Å²) in [7, 11) is 0. The monoisotopic (exact) mass is 395 g/mol. The van der Waals surface area contributed by atoms with Gasteiger partial charge in [-0.25, -0.2) is 9.97 Å². The van der Waals surface area contributed by atoms with Gasteiger partial charge in [0.15, 0.2) is 0 Å². The predicted octanol–water partition coefficient (Wildman–Crippen LogP) is 3.36. The number of phenols is 1. The van der Waals surface area contributed by atoms with Crippen LogP contribution in [0, 0.1) is 5.92 Å². The van der Waals surface area contributed by atoms with Crippen LogP contribution < -0.4 is 0 Å². The van der Waals surface area contributed by atoms with Gasteiger partial charge in [0.1, 0.15) is 23.6 Å². The van der Waals surface area contributed by atoms with Crippen LogP contribution in [0.4, 0.5) is 0 Å². The van der Waals surface area contributed by atoms with Gasteiger partial charge in [0.25, 0.3) is 5.91 Å². The van der Waals surface area contributed by atoms with Gasteiger partial charge in [-0.05, 0) is 49.3 Å². The fraction of sp³-hybridized carbons (Fsp3) is 0.400. The number of rotatable bonds is 7. The lowest BCUT2D eigenvalue weighted by Gasteiger charge is -2.22. The first-order valence-electron chi connectivity index (χ1n) is 9.61. The molecule has 2 aliphatic carbocycles. The quantitative estimate of drug-likeness (QED) is 0.663. The topological polar surface area (TPSA) is 84.1 Å². The number of hydrogen-bond donors (Lipinski definition) is 1. The largest absolute Gasteiger partial charge is 0.508 e. The third kappa shape index (κ3) is 3.77. The number of imidazole rings is 1. The Morgan fingerprint density at radius 1 is 1.29 bits per heavy atom. The predicted molar refractivity (Wildman–Crippen MR) is 105 cm³/mol. The Morgan fingerprint density at radius 2 is 2.14 bits per heavy atom. The number of carbonyl (C=O) groups excluding carboxylic acids is 1. The number of aromatic hydroxyl groups is 1. The van der Waals surface area contributed by atoms with Crippen molar-refractivity contribution in [3.05, 3.63) is 53.9 Å². The highest BCUT2D eigenvalue weighted by molar-refractivity contribution is 7.08. The highest BCUT2D eigenvalue weighted by atomic mass is 32.1. The summed E-state index contributed by atoms with van der Waals surface area (Å²) in [6.45, 7) is 1.17. The second-order valence-corrected chi connectivity index (χ2v) is 8.40. The fourth-order valence-electron chi connectivity index (χ4n) is 3.25. The maximum Gasteiger partial charge on any atom is 0.274 e. The lowest BCUT2D eigenvalue weighted by atomic mass is 10.2. The molecule has 0 radical (unpaired) electrons. The Hall–Kier alpha value is -2.74. The van der Waals surface area contributed by atoms with E-state index in [9.17, 15) is 9.90 Å². The molecule has 3 aromatic rings. The standard InChI is InChI=1S/C20H21N5O2S/c26-16-3-1-2-14(8-16)10-24(9-13-4-5-13)19(27)17-11-25(12-21-17)20-22-18(23-28-20)15-6-7-15/h1-3,8,11-13,15,26H,4-7,9-10H2. The number of nitrogens with zero attached hydrogens (tertiary/aromatic N) is 5. The van der Waals surface area contributed by atoms with E-state index >= 15 is 0 Å². The van der Waals surface area contributed by atoms with Gasteiger partial charge in [-0.1, -0.05) is 12.1 Å². The second-order valence-electron chi connectivity index (χ2n) is 7.67. The van der Waals surface area contributed by atoms with Crippen molar-refractivity contribution in [2.75, 3.05) is 6.54 Å². The van der Waals surface area contributed by atoms with Crippen molar-refractivity contribution in [1.29, 1.82) is 0 Å². The van der Waals surface area contributed by atoms with Gasteiger partial charge in [0.05, 0.1) is 0 Å². The zero-order valence-electron chi connectivity index (χ0n) is 15.4. The first-order chi connectivity index (χ1) is 13.7. The van der Waals surface area contributed by atoms with E-state index < -0.39 is 0 Å². The molecular weight excluding hydrogens is 374 g/mol. The minimum atomic E-state index is -0.0964. The van der Waals surface area contributed by atoms with Crippen LogP contribution >= 0.6 is 11.5 Å². The molecule has 2 aromatic heterocycles. The van der Waals surface area contributed by atoms with Crippen LogP contribution in [0.1, 0.15) is 53.5 Å². The smallest absolute Gasteiger partial charge is 0.274 e. The summed E-state index contributed by atoms with van der Waals surface area (Å²) in [6, 6.07) is 7.06. The molecule has 0 atom stereocenters. The molecule has 8 heteroatoms.